The Bertz CT molecular complexity index is 260. The minimum Gasteiger partial charge on any atom is -0.392 e. The molecule has 0 fully saturated rings. The third-order valence-corrected chi connectivity index (χ3v) is 1.44. The summed E-state index contributed by atoms with van der Waals surface area (Å²) in [5.41, 5.74) is 1.17. The Labute approximate surface area is 72.7 Å². The molecule has 0 aliphatic heterocycles. The third-order valence-electron chi connectivity index (χ3n) is 1.44. The maximum absolute atomic E-state index is 8.44. The van der Waals surface area contributed by atoms with Crippen molar-refractivity contribution in [1.82, 2.24) is 0 Å². The van der Waals surface area contributed by atoms with Gasteiger partial charge in [0, 0.05) is 0 Å². The number of aliphatic hydroxyl groups excluding tert-OH is 1. The minimum absolute atomic E-state index is 0.0964. The van der Waals surface area contributed by atoms with Gasteiger partial charge in [-0.05, 0) is 5.56 Å². The quantitative estimate of drug-likeness (QED) is 0.672. The van der Waals surface area contributed by atoms with E-state index < -0.39 is 0 Å². The number of rotatable bonds is 3. The smallest absolute Gasteiger partial charge is 0.0615 e. The summed E-state index contributed by atoms with van der Waals surface area (Å²) in [5, 5.41) is 8.44. The zero-order chi connectivity index (χ0) is 8.65. The standard InChI is InChI=1S/C11H12O/c12-10-6-2-5-9-11-7-3-1-4-8-11/h1-9,12H,10H2/b6-2-,9-5+. The molecule has 0 aliphatic rings. The van der Waals surface area contributed by atoms with E-state index in [1.165, 1.54) is 5.56 Å². The minimum atomic E-state index is 0.0964. The lowest BCUT2D eigenvalue weighted by Crippen LogP contribution is -1.69. The average Bonchev–Trinajstić information content (AvgIpc) is 2.14. The molecule has 1 rings (SSSR count). The molecule has 0 atom stereocenters. The van der Waals surface area contributed by atoms with Crippen molar-refractivity contribution in [2.45, 2.75) is 0 Å². The lowest BCUT2D eigenvalue weighted by Gasteiger charge is -1.87. The van der Waals surface area contributed by atoms with Gasteiger partial charge >= 0.3 is 0 Å². The number of aliphatic hydroxyl groups is 1. The fraction of sp³-hybridized carbons (Fsp3) is 0.0909. The van der Waals surface area contributed by atoms with Gasteiger partial charge in [0.25, 0.3) is 0 Å². The zero-order valence-corrected chi connectivity index (χ0v) is 6.85. The van der Waals surface area contributed by atoms with Crippen molar-refractivity contribution < 1.29 is 5.11 Å². The Morgan fingerprint density at radius 1 is 1.08 bits per heavy atom. The van der Waals surface area contributed by atoms with Crippen LogP contribution < -0.4 is 0 Å². The van der Waals surface area contributed by atoms with Gasteiger partial charge in [0.15, 0.2) is 0 Å². The third kappa shape index (κ3) is 3.17. The highest BCUT2D eigenvalue weighted by atomic mass is 16.2. The molecular formula is C11H12O. The summed E-state index contributed by atoms with van der Waals surface area (Å²) < 4.78 is 0. The Balaban J connectivity index is 2.52. The molecule has 0 amide bonds. The number of benzene rings is 1. The highest BCUT2D eigenvalue weighted by Crippen LogP contribution is 2.00. The summed E-state index contributed by atoms with van der Waals surface area (Å²) in [6, 6.07) is 10.0. The highest BCUT2D eigenvalue weighted by molar-refractivity contribution is 5.50. The van der Waals surface area contributed by atoms with Gasteiger partial charge in [-0.3, -0.25) is 0 Å². The van der Waals surface area contributed by atoms with Gasteiger partial charge in [-0.1, -0.05) is 54.6 Å². The van der Waals surface area contributed by atoms with Crippen LogP contribution in [0.1, 0.15) is 5.56 Å². The predicted octanol–water partition coefficient (Wildman–Crippen LogP) is 2.25. The Morgan fingerprint density at radius 3 is 2.50 bits per heavy atom. The van der Waals surface area contributed by atoms with Gasteiger partial charge in [0.05, 0.1) is 6.61 Å². The topological polar surface area (TPSA) is 20.2 Å². The van der Waals surface area contributed by atoms with Gasteiger partial charge in [0.2, 0.25) is 0 Å². The molecule has 1 heteroatoms. The lowest BCUT2D eigenvalue weighted by atomic mass is 10.2. The highest BCUT2D eigenvalue weighted by Gasteiger charge is 1.78. The van der Waals surface area contributed by atoms with Crippen LogP contribution in [0.5, 0.6) is 0 Å². The molecule has 1 nitrogen and oxygen atoms in total. The monoisotopic (exact) mass is 160 g/mol. The molecule has 0 bridgehead atoms. The molecule has 0 heterocycles. The van der Waals surface area contributed by atoms with Crippen molar-refractivity contribution in [2.24, 2.45) is 0 Å². The number of allylic oxidation sites excluding steroid dienone is 2. The fourth-order valence-electron chi connectivity index (χ4n) is 0.870. The molecule has 1 aromatic rings. The van der Waals surface area contributed by atoms with E-state index in [1.807, 2.05) is 48.6 Å². The first-order chi connectivity index (χ1) is 5.93. The van der Waals surface area contributed by atoms with E-state index >= 15 is 0 Å². The molecule has 1 N–H and O–H groups in total. The molecule has 12 heavy (non-hydrogen) atoms. The van der Waals surface area contributed by atoms with E-state index in [0.717, 1.165) is 0 Å². The molecule has 0 unspecified atom stereocenters. The second-order valence-electron chi connectivity index (χ2n) is 2.38. The van der Waals surface area contributed by atoms with Crippen LogP contribution in [0.3, 0.4) is 0 Å². The van der Waals surface area contributed by atoms with E-state index in [9.17, 15) is 0 Å². The van der Waals surface area contributed by atoms with E-state index in [4.69, 9.17) is 5.11 Å². The van der Waals surface area contributed by atoms with Gasteiger partial charge in [0.1, 0.15) is 0 Å². The molecule has 0 radical (unpaired) electrons. The van der Waals surface area contributed by atoms with Gasteiger partial charge < -0.3 is 5.11 Å². The summed E-state index contributed by atoms with van der Waals surface area (Å²) in [7, 11) is 0. The average molecular weight is 160 g/mol. The Hall–Kier alpha value is -1.34. The molecule has 1 aromatic carbocycles. The fourth-order valence-corrected chi connectivity index (χ4v) is 0.870. The van der Waals surface area contributed by atoms with Crippen LogP contribution in [0.4, 0.5) is 0 Å². The zero-order valence-electron chi connectivity index (χ0n) is 6.85. The van der Waals surface area contributed by atoms with Crippen molar-refractivity contribution in [1.29, 1.82) is 0 Å². The van der Waals surface area contributed by atoms with E-state index in [0.29, 0.717) is 0 Å². The summed E-state index contributed by atoms with van der Waals surface area (Å²) >= 11 is 0. The normalized spacial score (nSPS) is 11.4. The summed E-state index contributed by atoms with van der Waals surface area (Å²) in [5.74, 6) is 0. The maximum Gasteiger partial charge on any atom is 0.0615 e. The largest absolute Gasteiger partial charge is 0.392 e. The van der Waals surface area contributed by atoms with Gasteiger partial charge in [-0.15, -0.1) is 0 Å². The maximum atomic E-state index is 8.44. The molecule has 0 spiro atoms. The van der Waals surface area contributed by atoms with Gasteiger partial charge in [-0.25, -0.2) is 0 Å². The van der Waals surface area contributed by atoms with E-state index in [1.54, 1.807) is 6.08 Å². The van der Waals surface area contributed by atoms with E-state index in [-0.39, 0.29) is 6.61 Å². The number of hydrogen-bond acceptors (Lipinski definition) is 1. The molecule has 62 valence electrons. The first-order valence-corrected chi connectivity index (χ1v) is 3.92. The van der Waals surface area contributed by atoms with Crippen LogP contribution in [0.2, 0.25) is 0 Å². The van der Waals surface area contributed by atoms with Crippen molar-refractivity contribution >= 4 is 6.08 Å². The van der Waals surface area contributed by atoms with Crippen LogP contribution in [0.25, 0.3) is 6.08 Å². The van der Waals surface area contributed by atoms with Crippen LogP contribution in [-0.4, -0.2) is 11.7 Å². The van der Waals surface area contributed by atoms with E-state index in [2.05, 4.69) is 0 Å². The van der Waals surface area contributed by atoms with Crippen molar-refractivity contribution in [3.05, 3.63) is 54.1 Å². The summed E-state index contributed by atoms with van der Waals surface area (Å²) in [4.78, 5) is 0. The molecule has 0 saturated carbocycles. The SMILES string of the molecule is OC/C=C\C=C\c1ccccc1. The predicted molar refractivity (Wildman–Crippen MR) is 51.7 cm³/mol. The molecule has 0 aromatic heterocycles. The number of hydrogen-bond donors (Lipinski definition) is 1. The molecular weight excluding hydrogens is 148 g/mol. The van der Waals surface area contributed by atoms with Crippen LogP contribution in [0.15, 0.2) is 48.6 Å². The van der Waals surface area contributed by atoms with Crippen molar-refractivity contribution in [3.8, 4) is 0 Å². The summed E-state index contributed by atoms with van der Waals surface area (Å²) in [6.45, 7) is 0.0964. The van der Waals surface area contributed by atoms with Crippen LogP contribution >= 0.6 is 0 Å². The van der Waals surface area contributed by atoms with Crippen molar-refractivity contribution in [3.63, 3.8) is 0 Å². The molecule has 0 aliphatic carbocycles. The Kier molecular flexibility index (Phi) is 3.89. The Morgan fingerprint density at radius 2 is 1.83 bits per heavy atom. The first kappa shape index (κ1) is 8.75. The van der Waals surface area contributed by atoms with Gasteiger partial charge in [-0.2, -0.15) is 0 Å². The second kappa shape index (κ2) is 5.33. The van der Waals surface area contributed by atoms with Crippen LogP contribution in [-0.2, 0) is 0 Å². The first-order valence-electron chi connectivity index (χ1n) is 3.92. The second-order valence-corrected chi connectivity index (χ2v) is 2.38. The molecule has 0 saturated heterocycles. The lowest BCUT2D eigenvalue weighted by molar-refractivity contribution is 0.343. The van der Waals surface area contributed by atoms with Crippen molar-refractivity contribution in [2.75, 3.05) is 6.61 Å². The van der Waals surface area contributed by atoms with Crippen LogP contribution in [0, 0.1) is 0 Å². The summed E-state index contributed by atoms with van der Waals surface area (Å²) in [6.07, 6.45) is 7.42.